The predicted molar refractivity (Wildman–Crippen MR) is 124 cm³/mol. The van der Waals surface area contributed by atoms with Crippen LogP contribution in [0.1, 0.15) is 44.7 Å². The topological polar surface area (TPSA) is 50.4 Å². The van der Waals surface area contributed by atoms with E-state index in [-0.39, 0.29) is 5.92 Å². The van der Waals surface area contributed by atoms with Crippen molar-refractivity contribution >= 4 is 34.9 Å². The molecule has 1 amide bonds. The van der Waals surface area contributed by atoms with Crippen molar-refractivity contribution < 1.29 is 9.53 Å². The van der Waals surface area contributed by atoms with Gasteiger partial charge < -0.3 is 10.1 Å². The maximum atomic E-state index is 12.1. The molecule has 0 saturated heterocycles. The van der Waals surface area contributed by atoms with Crippen LogP contribution < -0.4 is 10.6 Å². The molecule has 5 heteroatoms. The number of carbonyl (C=O) groups excluding carboxylic acids is 1. The normalized spacial score (nSPS) is 13.5. The third kappa shape index (κ3) is 4.62. The lowest BCUT2D eigenvalue weighted by molar-refractivity contribution is 0.0636. The van der Waals surface area contributed by atoms with E-state index < -0.39 is 11.7 Å². The summed E-state index contributed by atoms with van der Waals surface area (Å²) in [6, 6.07) is 22.9. The highest BCUT2D eigenvalue weighted by Gasteiger charge is 2.19. The van der Waals surface area contributed by atoms with Crippen molar-refractivity contribution in [2.75, 3.05) is 10.6 Å². The average molecular weight is 419 g/mol. The molecular formula is C25H26N2O2S. The number of ether oxygens (including phenoxy) is 1. The van der Waals surface area contributed by atoms with E-state index >= 15 is 0 Å². The van der Waals surface area contributed by atoms with Gasteiger partial charge in [-0.2, -0.15) is 0 Å². The summed E-state index contributed by atoms with van der Waals surface area (Å²) < 4.78 is 5.36. The van der Waals surface area contributed by atoms with Crippen molar-refractivity contribution in [3.05, 3.63) is 77.9 Å². The second-order valence-corrected chi connectivity index (χ2v) is 9.54. The van der Waals surface area contributed by atoms with Crippen LogP contribution in [0, 0.1) is 0 Å². The number of benzene rings is 3. The lowest BCUT2D eigenvalue weighted by Gasteiger charge is -2.23. The zero-order valence-corrected chi connectivity index (χ0v) is 18.5. The Morgan fingerprint density at radius 3 is 2.47 bits per heavy atom. The monoisotopic (exact) mass is 418 g/mol. The van der Waals surface area contributed by atoms with Gasteiger partial charge in [-0.1, -0.05) is 49.0 Å². The molecule has 0 saturated carbocycles. The first kappa shape index (κ1) is 20.4. The smallest absolute Gasteiger partial charge is 0.412 e. The number of rotatable bonds is 3. The maximum Gasteiger partial charge on any atom is 0.412 e. The second-order valence-electron chi connectivity index (χ2n) is 8.45. The van der Waals surface area contributed by atoms with Gasteiger partial charge in [0.25, 0.3) is 0 Å². The van der Waals surface area contributed by atoms with Crippen molar-refractivity contribution in [3.8, 4) is 0 Å². The van der Waals surface area contributed by atoms with Crippen LogP contribution >= 0.6 is 11.8 Å². The van der Waals surface area contributed by atoms with E-state index in [1.807, 2.05) is 45.0 Å². The molecule has 4 rings (SSSR count). The molecule has 1 aliphatic rings. The van der Waals surface area contributed by atoms with Crippen LogP contribution in [-0.2, 0) is 4.74 Å². The minimum atomic E-state index is -0.526. The molecule has 4 nitrogen and oxygen atoms in total. The first-order valence-electron chi connectivity index (χ1n) is 10.1. The van der Waals surface area contributed by atoms with E-state index in [0.29, 0.717) is 0 Å². The molecule has 0 bridgehead atoms. The Morgan fingerprint density at radius 1 is 0.933 bits per heavy atom. The molecule has 154 valence electrons. The van der Waals surface area contributed by atoms with Crippen LogP contribution in [0.3, 0.4) is 0 Å². The van der Waals surface area contributed by atoms with Crippen molar-refractivity contribution in [2.24, 2.45) is 0 Å². The van der Waals surface area contributed by atoms with E-state index in [4.69, 9.17) is 4.74 Å². The van der Waals surface area contributed by atoms with Crippen LogP contribution in [-0.4, -0.2) is 11.7 Å². The second kappa shape index (κ2) is 8.07. The van der Waals surface area contributed by atoms with Crippen LogP contribution in [0.25, 0.3) is 0 Å². The van der Waals surface area contributed by atoms with Gasteiger partial charge in [-0.15, -0.1) is 0 Å². The zero-order chi connectivity index (χ0) is 21.3. The fourth-order valence-electron chi connectivity index (χ4n) is 3.43. The van der Waals surface area contributed by atoms with Gasteiger partial charge in [0.05, 0.1) is 11.4 Å². The zero-order valence-electron chi connectivity index (χ0n) is 17.7. The highest BCUT2D eigenvalue weighted by Crippen LogP contribution is 2.45. The fourth-order valence-corrected chi connectivity index (χ4v) is 4.39. The van der Waals surface area contributed by atoms with Gasteiger partial charge in [0.15, 0.2) is 0 Å². The highest BCUT2D eigenvalue weighted by atomic mass is 32.2. The summed E-state index contributed by atoms with van der Waals surface area (Å²) in [4.78, 5) is 14.6. The third-order valence-electron chi connectivity index (χ3n) is 4.91. The van der Waals surface area contributed by atoms with Crippen LogP contribution in [0.5, 0.6) is 0 Å². The maximum absolute atomic E-state index is 12.1. The largest absolute Gasteiger partial charge is 0.444 e. The molecule has 1 unspecified atom stereocenters. The molecule has 2 N–H and O–H groups in total. The molecule has 0 radical (unpaired) electrons. The van der Waals surface area contributed by atoms with Gasteiger partial charge in [-0.3, -0.25) is 5.32 Å². The van der Waals surface area contributed by atoms with Crippen LogP contribution in [0.2, 0.25) is 0 Å². The van der Waals surface area contributed by atoms with Gasteiger partial charge in [0.1, 0.15) is 5.60 Å². The molecule has 1 aliphatic heterocycles. The molecule has 30 heavy (non-hydrogen) atoms. The first-order valence-corrected chi connectivity index (χ1v) is 10.9. The van der Waals surface area contributed by atoms with E-state index in [9.17, 15) is 4.79 Å². The van der Waals surface area contributed by atoms with Gasteiger partial charge in [0.2, 0.25) is 0 Å². The van der Waals surface area contributed by atoms with E-state index in [0.717, 1.165) is 22.6 Å². The number of nitrogens with one attached hydrogen (secondary N) is 2. The standard InChI is InChI=1S/C25H26N2O2S/c1-16(17-8-7-9-19(14-17)26-24(28)29-25(2,3)4)18-12-13-23-21(15-18)27-20-10-5-6-11-22(20)30-23/h5-16,27H,1-4H3,(H,26,28). The Kier molecular flexibility index (Phi) is 5.48. The van der Waals surface area contributed by atoms with E-state index in [2.05, 4.69) is 60.0 Å². The Bertz CT molecular complexity index is 1090. The van der Waals surface area contributed by atoms with Gasteiger partial charge >= 0.3 is 6.09 Å². The lowest BCUT2D eigenvalue weighted by atomic mass is 9.92. The summed E-state index contributed by atoms with van der Waals surface area (Å²) in [7, 11) is 0. The molecule has 0 aliphatic carbocycles. The molecule has 1 heterocycles. The Balaban J connectivity index is 1.53. The van der Waals surface area contributed by atoms with E-state index in [1.165, 1.54) is 15.4 Å². The van der Waals surface area contributed by atoms with Gasteiger partial charge in [-0.05, 0) is 68.3 Å². The van der Waals surface area contributed by atoms with Crippen molar-refractivity contribution in [2.45, 2.75) is 49.0 Å². The summed E-state index contributed by atoms with van der Waals surface area (Å²) >= 11 is 1.79. The number of amides is 1. The molecule has 3 aromatic rings. The molecule has 3 aromatic carbocycles. The SMILES string of the molecule is CC(c1cccc(NC(=O)OC(C)(C)C)c1)c1ccc2c(c1)Nc1ccccc1S2. The minimum absolute atomic E-state index is 0.180. The molecule has 0 aromatic heterocycles. The van der Waals surface area contributed by atoms with Gasteiger partial charge in [0, 0.05) is 21.4 Å². The van der Waals surface area contributed by atoms with Gasteiger partial charge in [-0.25, -0.2) is 4.79 Å². The number of carbonyl (C=O) groups is 1. The highest BCUT2D eigenvalue weighted by molar-refractivity contribution is 7.99. The number of hydrogen-bond acceptors (Lipinski definition) is 4. The average Bonchev–Trinajstić information content (AvgIpc) is 2.70. The summed E-state index contributed by atoms with van der Waals surface area (Å²) in [6.07, 6.45) is -0.444. The Morgan fingerprint density at radius 2 is 1.67 bits per heavy atom. The summed E-state index contributed by atoms with van der Waals surface area (Å²) in [5.74, 6) is 0.180. The molecule has 1 atom stereocenters. The van der Waals surface area contributed by atoms with Crippen molar-refractivity contribution in [1.29, 1.82) is 0 Å². The first-order chi connectivity index (χ1) is 14.3. The molecule has 0 spiro atoms. The number of anilines is 3. The van der Waals surface area contributed by atoms with Crippen molar-refractivity contribution in [3.63, 3.8) is 0 Å². The Hall–Kier alpha value is -2.92. The predicted octanol–water partition coefficient (Wildman–Crippen LogP) is 7.39. The Labute approximate surface area is 182 Å². The number of hydrogen-bond donors (Lipinski definition) is 2. The van der Waals surface area contributed by atoms with Crippen molar-refractivity contribution in [1.82, 2.24) is 0 Å². The minimum Gasteiger partial charge on any atom is -0.444 e. The van der Waals surface area contributed by atoms with E-state index in [1.54, 1.807) is 11.8 Å². The summed E-state index contributed by atoms with van der Waals surface area (Å²) in [5.41, 5.74) is 4.83. The lowest BCUT2D eigenvalue weighted by Crippen LogP contribution is -2.27. The quantitative estimate of drug-likeness (QED) is 0.364. The number of para-hydroxylation sites is 1. The molecule has 0 fully saturated rings. The van der Waals surface area contributed by atoms with Crippen LogP contribution in [0.4, 0.5) is 21.9 Å². The third-order valence-corrected chi connectivity index (χ3v) is 6.06. The summed E-state index contributed by atoms with van der Waals surface area (Å²) in [6.45, 7) is 7.74. The molecular weight excluding hydrogens is 392 g/mol. The fraction of sp³-hybridized carbons (Fsp3) is 0.240. The summed E-state index contributed by atoms with van der Waals surface area (Å²) in [5, 5.41) is 6.38. The van der Waals surface area contributed by atoms with Crippen LogP contribution in [0.15, 0.2) is 76.5 Å². The number of fused-ring (bicyclic) bond motifs is 2.